The Morgan fingerprint density at radius 1 is 1.62 bits per heavy atom. The van der Waals surface area contributed by atoms with Gasteiger partial charge >= 0.3 is 5.97 Å². The van der Waals surface area contributed by atoms with Crippen LogP contribution < -0.4 is 4.74 Å². The lowest BCUT2D eigenvalue weighted by atomic mass is 9.90. The first kappa shape index (κ1) is 10.8. The van der Waals surface area contributed by atoms with Crippen molar-refractivity contribution in [2.45, 2.75) is 18.8 Å². The first-order valence-corrected chi connectivity index (χ1v) is 5.23. The Kier molecular flexibility index (Phi) is 2.99. The maximum absolute atomic E-state index is 11.2. The van der Waals surface area contributed by atoms with Gasteiger partial charge in [-0.3, -0.25) is 4.79 Å². The van der Waals surface area contributed by atoms with Gasteiger partial charge in [-0.25, -0.2) is 0 Å². The van der Waals surface area contributed by atoms with Crippen molar-refractivity contribution in [2.75, 3.05) is 13.7 Å². The molecule has 1 aromatic carbocycles. The fourth-order valence-electron chi connectivity index (χ4n) is 1.95. The topological polar surface area (TPSA) is 55.8 Å². The molecule has 0 saturated carbocycles. The Morgan fingerprint density at radius 2 is 2.44 bits per heavy atom. The Hall–Kier alpha value is -1.71. The van der Waals surface area contributed by atoms with E-state index in [2.05, 4.69) is 4.74 Å². The van der Waals surface area contributed by atoms with Crippen LogP contribution in [0.1, 0.15) is 24.3 Å². The molecule has 0 radical (unpaired) electrons. The first-order valence-electron chi connectivity index (χ1n) is 5.23. The van der Waals surface area contributed by atoms with Gasteiger partial charge in [-0.1, -0.05) is 6.07 Å². The van der Waals surface area contributed by atoms with Gasteiger partial charge in [-0.05, 0) is 18.1 Å². The minimum Gasteiger partial charge on any atom is -0.508 e. The smallest absolute Gasteiger partial charge is 0.306 e. The van der Waals surface area contributed by atoms with Crippen LogP contribution in [0.25, 0.3) is 0 Å². The van der Waals surface area contributed by atoms with Gasteiger partial charge in [0.15, 0.2) is 0 Å². The van der Waals surface area contributed by atoms with Crippen molar-refractivity contribution in [2.24, 2.45) is 0 Å². The quantitative estimate of drug-likeness (QED) is 0.775. The van der Waals surface area contributed by atoms with Crippen molar-refractivity contribution in [3.8, 4) is 11.5 Å². The molecule has 4 nitrogen and oxygen atoms in total. The number of benzene rings is 1. The summed E-state index contributed by atoms with van der Waals surface area (Å²) in [6, 6.07) is 4.99. The van der Waals surface area contributed by atoms with E-state index in [1.165, 1.54) is 7.11 Å². The second-order valence-electron chi connectivity index (χ2n) is 3.84. The summed E-state index contributed by atoms with van der Waals surface area (Å²) in [6.45, 7) is 0.568. The third-order valence-electron chi connectivity index (χ3n) is 2.80. The molecule has 1 aromatic rings. The molecule has 0 aromatic heterocycles. The van der Waals surface area contributed by atoms with Crippen molar-refractivity contribution in [1.29, 1.82) is 0 Å². The SMILES string of the molecule is COC(=O)CC1CCOc2cc(O)ccc21. The van der Waals surface area contributed by atoms with Crippen molar-refractivity contribution in [1.82, 2.24) is 0 Å². The largest absolute Gasteiger partial charge is 0.508 e. The Balaban J connectivity index is 2.23. The van der Waals surface area contributed by atoms with Gasteiger partial charge in [0.05, 0.1) is 20.1 Å². The van der Waals surface area contributed by atoms with Crippen LogP contribution in [-0.4, -0.2) is 24.8 Å². The molecule has 1 unspecified atom stereocenters. The van der Waals surface area contributed by atoms with E-state index in [9.17, 15) is 9.90 Å². The lowest BCUT2D eigenvalue weighted by molar-refractivity contribution is -0.141. The Labute approximate surface area is 93.8 Å². The molecule has 0 bridgehead atoms. The summed E-state index contributed by atoms with van der Waals surface area (Å²) in [6.07, 6.45) is 1.16. The number of carbonyl (C=O) groups is 1. The molecule has 0 amide bonds. The third-order valence-corrected chi connectivity index (χ3v) is 2.80. The first-order chi connectivity index (χ1) is 7.70. The molecule has 0 fully saturated rings. The van der Waals surface area contributed by atoms with Crippen LogP contribution in [-0.2, 0) is 9.53 Å². The summed E-state index contributed by atoms with van der Waals surface area (Å²) >= 11 is 0. The highest BCUT2D eigenvalue weighted by Crippen LogP contribution is 2.37. The number of esters is 1. The van der Waals surface area contributed by atoms with Crippen molar-refractivity contribution in [3.63, 3.8) is 0 Å². The van der Waals surface area contributed by atoms with Crippen LogP contribution >= 0.6 is 0 Å². The Morgan fingerprint density at radius 3 is 3.19 bits per heavy atom. The number of methoxy groups -OCH3 is 1. The monoisotopic (exact) mass is 222 g/mol. The maximum Gasteiger partial charge on any atom is 0.306 e. The van der Waals surface area contributed by atoms with Gasteiger partial charge < -0.3 is 14.6 Å². The Bertz CT molecular complexity index is 400. The van der Waals surface area contributed by atoms with Crippen LogP contribution in [0.2, 0.25) is 0 Å². The van der Waals surface area contributed by atoms with Crippen LogP contribution in [0, 0.1) is 0 Å². The molecule has 86 valence electrons. The zero-order valence-corrected chi connectivity index (χ0v) is 9.10. The predicted octanol–water partition coefficient (Wildman–Crippen LogP) is 1.82. The summed E-state index contributed by atoms with van der Waals surface area (Å²) < 4.78 is 10.1. The number of hydrogen-bond donors (Lipinski definition) is 1. The molecule has 1 heterocycles. The van der Waals surface area contributed by atoms with Crippen molar-refractivity contribution >= 4 is 5.97 Å². The molecule has 0 spiro atoms. The fraction of sp³-hybridized carbons (Fsp3) is 0.417. The normalized spacial score (nSPS) is 18.4. The zero-order valence-electron chi connectivity index (χ0n) is 9.10. The standard InChI is InChI=1S/C12H14O4/c1-15-12(14)6-8-4-5-16-11-7-9(13)2-3-10(8)11/h2-3,7-8,13H,4-6H2,1H3. The van der Waals surface area contributed by atoms with Gasteiger partial charge in [0, 0.05) is 12.0 Å². The summed E-state index contributed by atoms with van der Waals surface area (Å²) in [4.78, 5) is 11.2. The van der Waals surface area contributed by atoms with Gasteiger partial charge in [-0.2, -0.15) is 0 Å². The van der Waals surface area contributed by atoms with E-state index in [1.807, 2.05) is 0 Å². The minimum atomic E-state index is -0.217. The van der Waals surface area contributed by atoms with Crippen LogP contribution in [0.15, 0.2) is 18.2 Å². The van der Waals surface area contributed by atoms with E-state index < -0.39 is 0 Å². The number of phenols is 1. The highest BCUT2D eigenvalue weighted by Gasteiger charge is 2.24. The summed E-state index contributed by atoms with van der Waals surface area (Å²) in [5.74, 6) is 0.750. The highest BCUT2D eigenvalue weighted by atomic mass is 16.5. The summed E-state index contributed by atoms with van der Waals surface area (Å²) in [7, 11) is 1.39. The van der Waals surface area contributed by atoms with Gasteiger partial charge in [-0.15, -0.1) is 0 Å². The maximum atomic E-state index is 11.2. The summed E-state index contributed by atoms with van der Waals surface area (Å²) in [5, 5.41) is 9.33. The number of phenolic OH excluding ortho intramolecular Hbond substituents is 1. The lowest BCUT2D eigenvalue weighted by Crippen LogP contribution is -2.17. The van der Waals surface area contributed by atoms with Crippen LogP contribution in [0.5, 0.6) is 11.5 Å². The number of ether oxygens (including phenoxy) is 2. The fourth-order valence-corrected chi connectivity index (χ4v) is 1.95. The van der Waals surface area contributed by atoms with Crippen molar-refractivity contribution in [3.05, 3.63) is 23.8 Å². The summed E-state index contributed by atoms with van der Waals surface area (Å²) in [5.41, 5.74) is 0.967. The molecular formula is C12H14O4. The highest BCUT2D eigenvalue weighted by molar-refractivity contribution is 5.70. The molecule has 2 rings (SSSR count). The molecule has 0 aliphatic carbocycles. The van der Waals surface area contributed by atoms with Crippen molar-refractivity contribution < 1.29 is 19.4 Å². The zero-order chi connectivity index (χ0) is 11.5. The number of hydrogen-bond acceptors (Lipinski definition) is 4. The average molecular weight is 222 g/mol. The third kappa shape index (κ3) is 2.10. The van der Waals surface area contributed by atoms with E-state index in [4.69, 9.17) is 4.74 Å². The van der Waals surface area contributed by atoms with Gasteiger partial charge in [0.1, 0.15) is 11.5 Å². The second-order valence-corrected chi connectivity index (χ2v) is 3.84. The molecule has 16 heavy (non-hydrogen) atoms. The van der Waals surface area contributed by atoms with E-state index in [-0.39, 0.29) is 17.6 Å². The molecule has 1 aliphatic rings. The van der Waals surface area contributed by atoms with Gasteiger partial charge in [0.25, 0.3) is 0 Å². The van der Waals surface area contributed by atoms with Crippen LogP contribution in [0.3, 0.4) is 0 Å². The number of fused-ring (bicyclic) bond motifs is 1. The molecular weight excluding hydrogens is 208 g/mol. The molecule has 1 aliphatic heterocycles. The van der Waals surface area contributed by atoms with E-state index in [0.717, 1.165) is 12.0 Å². The van der Waals surface area contributed by atoms with E-state index in [1.54, 1.807) is 18.2 Å². The average Bonchev–Trinajstić information content (AvgIpc) is 2.28. The molecule has 0 saturated heterocycles. The number of carbonyl (C=O) groups excluding carboxylic acids is 1. The second kappa shape index (κ2) is 4.43. The number of aromatic hydroxyl groups is 1. The molecule has 4 heteroatoms. The van der Waals surface area contributed by atoms with Crippen LogP contribution in [0.4, 0.5) is 0 Å². The van der Waals surface area contributed by atoms with Gasteiger partial charge in [0.2, 0.25) is 0 Å². The molecule has 1 atom stereocenters. The van der Waals surface area contributed by atoms with E-state index in [0.29, 0.717) is 18.8 Å². The predicted molar refractivity (Wildman–Crippen MR) is 57.6 cm³/mol. The minimum absolute atomic E-state index is 0.122. The number of rotatable bonds is 2. The molecule has 1 N–H and O–H groups in total. The van der Waals surface area contributed by atoms with E-state index >= 15 is 0 Å². The lowest BCUT2D eigenvalue weighted by Gasteiger charge is -2.25.